The first-order valence-electron chi connectivity index (χ1n) is 11.5. The van der Waals surface area contributed by atoms with E-state index < -0.39 is 16.9 Å². The summed E-state index contributed by atoms with van der Waals surface area (Å²) in [5, 5.41) is 11.0. The number of aliphatic imine (C=N–C) groups is 1. The van der Waals surface area contributed by atoms with Crippen molar-refractivity contribution < 1.29 is 38.2 Å². The molecule has 0 amide bonds. The number of methoxy groups -OCH3 is 3. The zero-order valence-corrected chi connectivity index (χ0v) is 23.0. The van der Waals surface area contributed by atoms with Crippen LogP contribution >= 0.6 is 15.9 Å². The second-order valence-corrected chi connectivity index (χ2v) is 8.95. The number of hydrogen-bond acceptors (Lipinski definition) is 10. The Balaban J connectivity index is 1.61. The fourth-order valence-electron chi connectivity index (χ4n) is 3.66. The minimum absolute atomic E-state index is 0.0175. The molecule has 1 aliphatic rings. The van der Waals surface area contributed by atoms with Crippen LogP contribution < -0.4 is 18.9 Å². The zero-order valence-electron chi connectivity index (χ0n) is 21.4. The van der Waals surface area contributed by atoms with Gasteiger partial charge in [0.1, 0.15) is 5.75 Å². The number of benzene rings is 3. The van der Waals surface area contributed by atoms with Crippen molar-refractivity contribution in [2.45, 2.75) is 0 Å². The number of nitro groups is 1. The molecule has 0 aromatic heterocycles. The summed E-state index contributed by atoms with van der Waals surface area (Å²) in [5.41, 5.74) is 1.09. The van der Waals surface area contributed by atoms with E-state index in [2.05, 4.69) is 20.9 Å². The normalized spacial score (nSPS) is 13.7. The molecule has 0 bridgehead atoms. The molecular weight excluding hydrogens is 588 g/mol. The van der Waals surface area contributed by atoms with E-state index in [-0.39, 0.29) is 23.0 Å². The van der Waals surface area contributed by atoms with Crippen molar-refractivity contribution in [1.82, 2.24) is 0 Å². The lowest BCUT2D eigenvalue weighted by Gasteiger charge is -2.13. The first kappa shape index (κ1) is 28.0. The monoisotopic (exact) mass is 608 g/mol. The Morgan fingerprint density at radius 3 is 2.38 bits per heavy atom. The highest BCUT2D eigenvalue weighted by atomic mass is 79.9. The third-order valence-corrected chi connectivity index (χ3v) is 5.99. The number of nitro benzene ring substituents is 1. The molecule has 0 saturated carbocycles. The summed E-state index contributed by atoms with van der Waals surface area (Å²) in [4.78, 5) is 40.0. The molecule has 3 aromatic rings. The van der Waals surface area contributed by atoms with Gasteiger partial charge in [0, 0.05) is 33.8 Å². The van der Waals surface area contributed by atoms with Gasteiger partial charge in [-0.15, -0.1) is 0 Å². The van der Waals surface area contributed by atoms with Gasteiger partial charge in [0.25, 0.3) is 5.69 Å². The summed E-state index contributed by atoms with van der Waals surface area (Å²) in [5.74, 6) is -0.206. The van der Waals surface area contributed by atoms with Crippen molar-refractivity contribution >= 4 is 51.6 Å². The quantitative estimate of drug-likeness (QED) is 0.103. The SMILES string of the molecule is COc1cc(C2=N/C(=C\c3cc(Br)ccc3OC(=O)/C=C/c3cccc([N+](=O)[O-])c3)C(=O)O2)cc(OC)c1OC. The zero-order chi connectivity index (χ0) is 28.8. The number of halogens is 1. The van der Waals surface area contributed by atoms with Crippen LogP contribution in [0.25, 0.3) is 12.2 Å². The average molecular weight is 609 g/mol. The lowest BCUT2D eigenvalue weighted by molar-refractivity contribution is -0.384. The second-order valence-electron chi connectivity index (χ2n) is 8.04. The highest BCUT2D eigenvalue weighted by Gasteiger charge is 2.27. The first-order valence-corrected chi connectivity index (χ1v) is 12.3. The largest absolute Gasteiger partial charge is 0.493 e. The Hall–Kier alpha value is -4.97. The van der Waals surface area contributed by atoms with Crippen LogP contribution in [-0.4, -0.2) is 44.1 Å². The minimum Gasteiger partial charge on any atom is -0.493 e. The number of cyclic esters (lactones) is 1. The van der Waals surface area contributed by atoms with Crippen LogP contribution in [0.2, 0.25) is 0 Å². The van der Waals surface area contributed by atoms with Crippen molar-refractivity contribution in [3.05, 3.63) is 97.6 Å². The Morgan fingerprint density at radius 2 is 1.73 bits per heavy atom. The smallest absolute Gasteiger partial charge is 0.363 e. The van der Waals surface area contributed by atoms with E-state index in [0.717, 1.165) is 6.08 Å². The molecule has 1 heterocycles. The fourth-order valence-corrected chi connectivity index (χ4v) is 4.04. The lowest BCUT2D eigenvalue weighted by atomic mass is 10.1. The van der Waals surface area contributed by atoms with Gasteiger partial charge in [0.05, 0.1) is 26.3 Å². The topological polar surface area (TPSA) is 136 Å². The summed E-state index contributed by atoms with van der Waals surface area (Å²) >= 11 is 3.37. The maximum atomic E-state index is 12.7. The maximum Gasteiger partial charge on any atom is 0.363 e. The van der Waals surface area contributed by atoms with Gasteiger partial charge in [0.2, 0.25) is 11.6 Å². The van der Waals surface area contributed by atoms with E-state index in [1.165, 1.54) is 51.7 Å². The lowest BCUT2D eigenvalue weighted by Crippen LogP contribution is -2.07. The fraction of sp³-hybridized carbons (Fsp3) is 0.107. The summed E-state index contributed by atoms with van der Waals surface area (Å²) in [6, 6.07) is 13.8. The van der Waals surface area contributed by atoms with Crippen molar-refractivity contribution in [2.24, 2.45) is 4.99 Å². The van der Waals surface area contributed by atoms with Gasteiger partial charge in [-0.2, -0.15) is 0 Å². The predicted molar refractivity (Wildman–Crippen MR) is 149 cm³/mol. The first-order chi connectivity index (χ1) is 19.2. The molecule has 11 nitrogen and oxygen atoms in total. The molecule has 4 rings (SSSR count). The van der Waals surface area contributed by atoms with Crippen molar-refractivity contribution in [1.29, 1.82) is 0 Å². The molecule has 204 valence electrons. The number of ether oxygens (including phenoxy) is 5. The second kappa shape index (κ2) is 12.3. The summed E-state index contributed by atoms with van der Waals surface area (Å²) in [6.45, 7) is 0. The molecule has 0 N–H and O–H groups in total. The van der Waals surface area contributed by atoms with E-state index in [9.17, 15) is 19.7 Å². The van der Waals surface area contributed by atoms with E-state index >= 15 is 0 Å². The van der Waals surface area contributed by atoms with Gasteiger partial charge >= 0.3 is 11.9 Å². The standard InChI is InChI=1S/C28H21BrN2O9/c1-36-23-14-18(15-24(37-2)26(23)38-3)27-30-21(28(33)40-27)13-17-12-19(29)8-9-22(17)39-25(32)10-7-16-5-4-6-20(11-16)31(34)35/h4-15H,1-3H3/b10-7+,21-13-. The van der Waals surface area contributed by atoms with E-state index in [1.54, 1.807) is 36.4 Å². The summed E-state index contributed by atoms with van der Waals surface area (Å²) < 4.78 is 27.5. The number of nitrogens with zero attached hydrogens (tertiary/aromatic N) is 2. The molecule has 0 unspecified atom stereocenters. The van der Waals surface area contributed by atoms with Crippen LogP contribution in [0.3, 0.4) is 0 Å². The third kappa shape index (κ3) is 6.35. The van der Waals surface area contributed by atoms with Crippen molar-refractivity contribution in [3.8, 4) is 23.0 Å². The molecule has 0 aliphatic carbocycles. The number of hydrogen-bond donors (Lipinski definition) is 0. The van der Waals surface area contributed by atoms with E-state index in [0.29, 0.717) is 38.4 Å². The number of carbonyl (C=O) groups excluding carboxylic acids is 2. The van der Waals surface area contributed by atoms with Gasteiger partial charge in [-0.3, -0.25) is 10.1 Å². The molecule has 3 aromatic carbocycles. The Labute approximate surface area is 236 Å². The number of carbonyl (C=O) groups is 2. The van der Waals surface area contributed by atoms with Crippen molar-refractivity contribution in [2.75, 3.05) is 21.3 Å². The third-order valence-electron chi connectivity index (χ3n) is 5.50. The molecular formula is C28H21BrN2O9. The summed E-state index contributed by atoms with van der Waals surface area (Å²) in [7, 11) is 4.40. The highest BCUT2D eigenvalue weighted by Crippen LogP contribution is 2.39. The van der Waals surface area contributed by atoms with Crippen LogP contribution in [0.1, 0.15) is 16.7 Å². The molecule has 40 heavy (non-hydrogen) atoms. The van der Waals surface area contributed by atoms with Crippen LogP contribution in [0, 0.1) is 10.1 Å². The highest BCUT2D eigenvalue weighted by molar-refractivity contribution is 9.10. The molecule has 0 saturated heterocycles. The van der Waals surface area contributed by atoms with Crippen molar-refractivity contribution in [3.63, 3.8) is 0 Å². The average Bonchev–Trinajstić information content (AvgIpc) is 3.32. The van der Waals surface area contributed by atoms with Crippen LogP contribution in [-0.2, 0) is 14.3 Å². The summed E-state index contributed by atoms with van der Waals surface area (Å²) in [6.07, 6.45) is 3.96. The predicted octanol–water partition coefficient (Wildman–Crippen LogP) is 5.35. The van der Waals surface area contributed by atoms with Gasteiger partial charge in [-0.1, -0.05) is 28.1 Å². The number of esters is 2. The van der Waals surface area contributed by atoms with Gasteiger partial charge < -0.3 is 23.7 Å². The van der Waals surface area contributed by atoms with Crippen LogP contribution in [0.5, 0.6) is 23.0 Å². The van der Waals surface area contributed by atoms with E-state index in [1.807, 2.05) is 0 Å². The molecule has 12 heteroatoms. The van der Waals surface area contributed by atoms with Gasteiger partial charge in [-0.25, -0.2) is 14.6 Å². The molecule has 0 fully saturated rings. The number of non-ortho nitro benzene ring substituents is 1. The number of rotatable bonds is 9. The Bertz CT molecular complexity index is 1570. The van der Waals surface area contributed by atoms with Crippen LogP contribution in [0.4, 0.5) is 5.69 Å². The molecule has 0 radical (unpaired) electrons. The van der Waals surface area contributed by atoms with E-state index in [4.69, 9.17) is 23.7 Å². The minimum atomic E-state index is -0.732. The molecule has 1 aliphatic heterocycles. The molecule has 0 atom stereocenters. The van der Waals surface area contributed by atoms with Gasteiger partial charge in [-0.05, 0) is 48.0 Å². The Morgan fingerprint density at radius 1 is 1.00 bits per heavy atom. The Kier molecular flexibility index (Phi) is 8.60. The molecule has 0 spiro atoms. The van der Waals surface area contributed by atoms with Gasteiger partial charge in [0.15, 0.2) is 17.2 Å². The van der Waals surface area contributed by atoms with Crippen LogP contribution in [0.15, 0.2) is 75.8 Å². The maximum absolute atomic E-state index is 12.7.